The van der Waals surface area contributed by atoms with E-state index in [1.54, 1.807) is 29.9 Å². The Morgan fingerprint density at radius 2 is 2.13 bits per heavy atom. The number of ether oxygens (including phenoxy) is 1. The molecule has 0 bridgehead atoms. The van der Waals surface area contributed by atoms with Crippen molar-refractivity contribution in [2.75, 3.05) is 7.11 Å². The molecule has 0 aliphatic heterocycles. The minimum Gasteiger partial charge on any atom is -0.495 e. The van der Waals surface area contributed by atoms with Crippen LogP contribution in [0.2, 0.25) is 10.3 Å². The molecule has 6 heteroatoms. The molecule has 4 nitrogen and oxygen atoms in total. The van der Waals surface area contributed by atoms with Gasteiger partial charge in [0, 0.05) is 5.02 Å². The Balaban J connectivity index is 2.60. The molecule has 0 N–H and O–H groups in total. The van der Waals surface area contributed by atoms with Crippen LogP contribution in [0.3, 0.4) is 0 Å². The zero-order chi connectivity index (χ0) is 10.8. The molecule has 2 aromatic rings. The largest absolute Gasteiger partial charge is 0.495 e. The van der Waals surface area contributed by atoms with Crippen LogP contribution in [0.4, 0.5) is 0 Å². The Kier molecular flexibility index (Phi) is 2.79. The lowest BCUT2D eigenvalue weighted by atomic mass is 10.3. The fourth-order valence-corrected chi connectivity index (χ4v) is 1.58. The Bertz CT molecular complexity index is 484. The Hall–Kier alpha value is -1.26. The van der Waals surface area contributed by atoms with Crippen molar-refractivity contribution in [3.63, 3.8) is 0 Å². The molecule has 0 saturated heterocycles. The van der Waals surface area contributed by atoms with Gasteiger partial charge in [-0.3, -0.25) is 4.57 Å². The molecule has 0 amide bonds. The average molecular weight is 244 g/mol. The van der Waals surface area contributed by atoms with Gasteiger partial charge in [-0.2, -0.15) is 0 Å². The van der Waals surface area contributed by atoms with Gasteiger partial charge in [0.2, 0.25) is 5.28 Å². The predicted octanol–water partition coefficient (Wildman–Crippen LogP) is 2.58. The van der Waals surface area contributed by atoms with Crippen molar-refractivity contribution in [2.24, 2.45) is 0 Å². The van der Waals surface area contributed by atoms with Crippen LogP contribution in [-0.4, -0.2) is 21.9 Å². The third-order valence-electron chi connectivity index (χ3n) is 1.91. The molecule has 15 heavy (non-hydrogen) atoms. The lowest BCUT2D eigenvalue weighted by Crippen LogP contribution is -1.96. The summed E-state index contributed by atoms with van der Waals surface area (Å²) in [7, 11) is 1.57. The fourth-order valence-electron chi connectivity index (χ4n) is 1.23. The van der Waals surface area contributed by atoms with E-state index < -0.39 is 0 Å². The molecule has 0 aliphatic carbocycles. The van der Waals surface area contributed by atoms with Crippen molar-refractivity contribution in [1.82, 2.24) is 14.8 Å². The number of benzene rings is 1. The summed E-state index contributed by atoms with van der Waals surface area (Å²) in [6.45, 7) is 0. The van der Waals surface area contributed by atoms with Gasteiger partial charge >= 0.3 is 0 Å². The summed E-state index contributed by atoms with van der Waals surface area (Å²) >= 11 is 11.7. The number of nitrogens with zero attached hydrogens (tertiary/aromatic N) is 3. The molecule has 0 saturated carbocycles. The summed E-state index contributed by atoms with van der Waals surface area (Å²) in [6, 6.07) is 5.23. The average Bonchev–Trinajstić information content (AvgIpc) is 2.64. The van der Waals surface area contributed by atoms with E-state index in [1.165, 1.54) is 6.33 Å². The van der Waals surface area contributed by atoms with Crippen LogP contribution in [0.25, 0.3) is 5.69 Å². The van der Waals surface area contributed by atoms with Crippen LogP contribution in [0, 0.1) is 0 Å². The van der Waals surface area contributed by atoms with Crippen LogP contribution in [0.15, 0.2) is 24.5 Å². The molecule has 0 fully saturated rings. The van der Waals surface area contributed by atoms with E-state index >= 15 is 0 Å². The van der Waals surface area contributed by atoms with Crippen LogP contribution in [-0.2, 0) is 0 Å². The normalized spacial score (nSPS) is 10.3. The summed E-state index contributed by atoms with van der Waals surface area (Å²) in [4.78, 5) is 0. The molecular weight excluding hydrogens is 237 g/mol. The first-order chi connectivity index (χ1) is 7.22. The number of methoxy groups -OCH3 is 1. The molecule has 1 heterocycles. The van der Waals surface area contributed by atoms with Gasteiger partial charge in [0.15, 0.2) is 0 Å². The van der Waals surface area contributed by atoms with Crippen molar-refractivity contribution in [2.45, 2.75) is 0 Å². The van der Waals surface area contributed by atoms with Gasteiger partial charge in [-0.15, -0.1) is 10.2 Å². The highest BCUT2D eigenvalue weighted by Gasteiger charge is 2.09. The molecule has 0 atom stereocenters. The number of hydrogen-bond donors (Lipinski definition) is 0. The summed E-state index contributed by atoms with van der Waals surface area (Å²) < 4.78 is 6.78. The van der Waals surface area contributed by atoms with Crippen molar-refractivity contribution < 1.29 is 4.74 Å². The van der Waals surface area contributed by atoms with Crippen molar-refractivity contribution in [1.29, 1.82) is 0 Å². The second kappa shape index (κ2) is 4.08. The minimum atomic E-state index is 0.260. The first-order valence-electron chi connectivity index (χ1n) is 4.12. The zero-order valence-corrected chi connectivity index (χ0v) is 9.33. The maximum absolute atomic E-state index is 5.89. The molecule has 0 spiro atoms. The number of hydrogen-bond acceptors (Lipinski definition) is 3. The van der Waals surface area contributed by atoms with Gasteiger partial charge in [0.25, 0.3) is 0 Å². The fraction of sp³-hybridized carbons (Fsp3) is 0.111. The van der Waals surface area contributed by atoms with Gasteiger partial charge in [-0.25, -0.2) is 0 Å². The van der Waals surface area contributed by atoms with Crippen molar-refractivity contribution in [3.8, 4) is 11.4 Å². The van der Waals surface area contributed by atoms with Gasteiger partial charge in [0.05, 0.1) is 12.8 Å². The van der Waals surface area contributed by atoms with Crippen LogP contribution >= 0.6 is 23.2 Å². The highest BCUT2D eigenvalue weighted by molar-refractivity contribution is 6.31. The minimum absolute atomic E-state index is 0.260. The third-order valence-corrected chi connectivity index (χ3v) is 2.40. The Morgan fingerprint density at radius 1 is 1.33 bits per heavy atom. The summed E-state index contributed by atoms with van der Waals surface area (Å²) in [6.07, 6.45) is 1.50. The molecular formula is C9H7Cl2N3O. The van der Waals surface area contributed by atoms with Gasteiger partial charge in [0.1, 0.15) is 12.1 Å². The van der Waals surface area contributed by atoms with E-state index in [1.807, 2.05) is 0 Å². The first-order valence-corrected chi connectivity index (χ1v) is 4.87. The monoisotopic (exact) mass is 243 g/mol. The van der Waals surface area contributed by atoms with Crippen LogP contribution in [0.1, 0.15) is 0 Å². The quantitative estimate of drug-likeness (QED) is 0.815. The molecule has 0 radical (unpaired) electrons. The van der Waals surface area contributed by atoms with E-state index in [0.717, 1.165) is 0 Å². The standard InChI is InChI=1S/C9H7Cl2N3O/c1-15-8-3-2-6(10)4-7(8)14-5-12-13-9(14)11/h2-5H,1H3. The van der Waals surface area contributed by atoms with E-state index in [9.17, 15) is 0 Å². The SMILES string of the molecule is COc1ccc(Cl)cc1-n1cnnc1Cl. The highest BCUT2D eigenvalue weighted by atomic mass is 35.5. The van der Waals surface area contributed by atoms with Crippen LogP contribution < -0.4 is 4.74 Å². The van der Waals surface area contributed by atoms with E-state index in [0.29, 0.717) is 16.5 Å². The highest BCUT2D eigenvalue weighted by Crippen LogP contribution is 2.27. The second-order valence-electron chi connectivity index (χ2n) is 2.79. The van der Waals surface area contributed by atoms with Gasteiger partial charge in [-0.1, -0.05) is 11.6 Å². The maximum atomic E-state index is 5.89. The number of halogens is 2. The lowest BCUT2D eigenvalue weighted by Gasteiger charge is -2.09. The Labute approximate surface area is 96.4 Å². The van der Waals surface area contributed by atoms with E-state index in [4.69, 9.17) is 27.9 Å². The summed E-state index contributed by atoms with van der Waals surface area (Å²) in [5, 5.41) is 8.22. The molecule has 0 unspecified atom stereocenters. The topological polar surface area (TPSA) is 39.9 Å². The maximum Gasteiger partial charge on any atom is 0.229 e. The second-order valence-corrected chi connectivity index (χ2v) is 3.56. The third kappa shape index (κ3) is 1.91. The predicted molar refractivity (Wildman–Crippen MR) is 57.9 cm³/mol. The van der Waals surface area contributed by atoms with Gasteiger partial charge in [-0.05, 0) is 29.8 Å². The number of aromatic nitrogens is 3. The molecule has 0 aliphatic rings. The zero-order valence-electron chi connectivity index (χ0n) is 7.82. The number of rotatable bonds is 2. The van der Waals surface area contributed by atoms with Gasteiger partial charge < -0.3 is 4.74 Å². The lowest BCUT2D eigenvalue weighted by molar-refractivity contribution is 0.413. The van der Waals surface area contributed by atoms with E-state index in [-0.39, 0.29) is 5.28 Å². The van der Waals surface area contributed by atoms with E-state index in [2.05, 4.69) is 10.2 Å². The molecule has 1 aromatic heterocycles. The molecule has 2 rings (SSSR count). The summed E-state index contributed by atoms with van der Waals surface area (Å²) in [5.74, 6) is 0.654. The van der Waals surface area contributed by atoms with Crippen LogP contribution in [0.5, 0.6) is 5.75 Å². The van der Waals surface area contributed by atoms with Crippen molar-refractivity contribution >= 4 is 23.2 Å². The molecule has 1 aromatic carbocycles. The smallest absolute Gasteiger partial charge is 0.229 e. The first kappa shape index (κ1) is 10.3. The van der Waals surface area contributed by atoms with Crippen molar-refractivity contribution in [3.05, 3.63) is 34.8 Å². The summed E-state index contributed by atoms with van der Waals surface area (Å²) in [5.41, 5.74) is 0.708. The Morgan fingerprint density at radius 3 is 2.73 bits per heavy atom. The molecule has 78 valence electrons.